The maximum Gasteiger partial charge on any atom is 0.319 e. The highest BCUT2D eigenvalue weighted by Crippen LogP contribution is 2.20. The highest BCUT2D eigenvalue weighted by atomic mass is 32.1. The third kappa shape index (κ3) is 3.95. The molecule has 7 heteroatoms. The maximum atomic E-state index is 12.0. The van der Waals surface area contributed by atoms with Crippen LogP contribution < -0.4 is 10.6 Å². The second kappa shape index (κ2) is 7.67. The van der Waals surface area contributed by atoms with Crippen LogP contribution in [-0.4, -0.2) is 20.7 Å². The molecule has 0 aliphatic rings. The predicted octanol–water partition coefficient (Wildman–Crippen LogP) is 3.02. The normalized spacial score (nSPS) is 10.4. The summed E-state index contributed by atoms with van der Waals surface area (Å²) in [6.45, 7) is 0.303. The van der Waals surface area contributed by atoms with Crippen LogP contribution in [0.3, 0.4) is 0 Å². The van der Waals surface area contributed by atoms with Crippen LogP contribution in [0.25, 0.3) is 11.3 Å². The summed E-state index contributed by atoms with van der Waals surface area (Å²) in [5.74, 6) is 0. The Kier molecular flexibility index (Phi) is 5.15. The van der Waals surface area contributed by atoms with E-state index in [1.807, 2.05) is 53.9 Å². The van der Waals surface area contributed by atoms with Crippen molar-refractivity contribution in [2.45, 2.75) is 13.2 Å². The van der Waals surface area contributed by atoms with Crippen molar-refractivity contribution in [2.75, 3.05) is 5.32 Å². The molecular formula is C17H16N4O2S. The zero-order valence-corrected chi connectivity index (χ0v) is 13.6. The Bertz CT molecular complexity index is 804. The van der Waals surface area contributed by atoms with Crippen LogP contribution in [0.2, 0.25) is 0 Å². The number of hydrogen-bond donors (Lipinski definition) is 3. The summed E-state index contributed by atoms with van der Waals surface area (Å²) >= 11 is 1.30. The minimum Gasteiger partial charge on any atom is -0.392 e. The smallest absolute Gasteiger partial charge is 0.319 e. The first-order valence-corrected chi connectivity index (χ1v) is 8.20. The molecule has 2 amide bonds. The summed E-state index contributed by atoms with van der Waals surface area (Å²) in [7, 11) is 0. The maximum absolute atomic E-state index is 12.0. The first-order valence-electron chi connectivity index (χ1n) is 7.36. The van der Waals surface area contributed by atoms with Gasteiger partial charge in [0.2, 0.25) is 0 Å². The van der Waals surface area contributed by atoms with Crippen LogP contribution in [0.5, 0.6) is 0 Å². The van der Waals surface area contributed by atoms with E-state index in [1.165, 1.54) is 11.5 Å². The van der Waals surface area contributed by atoms with E-state index in [9.17, 15) is 9.90 Å². The minimum atomic E-state index is -0.300. The largest absolute Gasteiger partial charge is 0.392 e. The number of hydrogen-bond acceptors (Lipinski definition) is 5. The molecule has 0 spiro atoms. The van der Waals surface area contributed by atoms with Gasteiger partial charge >= 0.3 is 6.03 Å². The quantitative estimate of drug-likeness (QED) is 0.666. The van der Waals surface area contributed by atoms with Gasteiger partial charge in [0.05, 0.1) is 6.61 Å². The predicted molar refractivity (Wildman–Crippen MR) is 93.6 cm³/mol. The van der Waals surface area contributed by atoms with E-state index in [0.29, 0.717) is 12.2 Å². The molecule has 0 saturated carbocycles. The van der Waals surface area contributed by atoms with Gasteiger partial charge in [-0.25, -0.2) is 4.79 Å². The van der Waals surface area contributed by atoms with Gasteiger partial charge < -0.3 is 15.7 Å². The summed E-state index contributed by atoms with van der Waals surface area (Å²) in [5, 5.41) is 20.7. The number of aliphatic hydroxyl groups excluding tert-OH is 1. The number of anilines is 1. The van der Waals surface area contributed by atoms with E-state index >= 15 is 0 Å². The van der Waals surface area contributed by atoms with Crippen molar-refractivity contribution in [1.82, 2.24) is 14.9 Å². The lowest BCUT2D eigenvalue weighted by Gasteiger charge is -2.10. The van der Waals surface area contributed by atoms with Crippen molar-refractivity contribution in [1.29, 1.82) is 0 Å². The number of aromatic nitrogens is 2. The Labute approximate surface area is 143 Å². The molecule has 3 rings (SSSR count). The molecule has 0 aliphatic carbocycles. The number of benzene rings is 2. The Morgan fingerprint density at radius 2 is 1.83 bits per heavy atom. The molecule has 0 atom stereocenters. The number of carbonyl (C=O) groups is 1. The number of carbonyl (C=O) groups excluding carboxylic acids is 1. The molecule has 0 radical (unpaired) electrons. The van der Waals surface area contributed by atoms with Crippen molar-refractivity contribution in [3.05, 3.63) is 65.0 Å². The van der Waals surface area contributed by atoms with E-state index < -0.39 is 0 Å². The monoisotopic (exact) mass is 340 g/mol. The SMILES string of the molecule is O=C(NCc1ccccc1CO)Nc1ccc(-c2csnn2)cc1. The van der Waals surface area contributed by atoms with Gasteiger partial charge in [0.25, 0.3) is 0 Å². The lowest BCUT2D eigenvalue weighted by atomic mass is 10.1. The van der Waals surface area contributed by atoms with E-state index in [4.69, 9.17) is 0 Å². The molecule has 3 aromatic rings. The molecule has 1 aromatic heterocycles. The lowest BCUT2D eigenvalue weighted by molar-refractivity contribution is 0.251. The van der Waals surface area contributed by atoms with Crippen LogP contribution in [0.1, 0.15) is 11.1 Å². The number of amides is 2. The van der Waals surface area contributed by atoms with E-state index in [-0.39, 0.29) is 12.6 Å². The number of aliphatic hydroxyl groups is 1. The van der Waals surface area contributed by atoms with Crippen LogP contribution in [0, 0.1) is 0 Å². The van der Waals surface area contributed by atoms with E-state index in [1.54, 1.807) is 0 Å². The van der Waals surface area contributed by atoms with Crippen molar-refractivity contribution in [3.63, 3.8) is 0 Å². The Hall–Kier alpha value is -2.77. The fourth-order valence-electron chi connectivity index (χ4n) is 2.25. The molecule has 0 saturated heterocycles. The zero-order chi connectivity index (χ0) is 16.8. The van der Waals surface area contributed by atoms with Gasteiger partial charge in [-0.2, -0.15) is 0 Å². The number of urea groups is 1. The van der Waals surface area contributed by atoms with Crippen molar-refractivity contribution in [2.24, 2.45) is 0 Å². The van der Waals surface area contributed by atoms with Crippen LogP contribution in [0.4, 0.5) is 10.5 Å². The number of rotatable bonds is 5. The summed E-state index contributed by atoms with van der Waals surface area (Å²) < 4.78 is 3.83. The summed E-state index contributed by atoms with van der Waals surface area (Å²) in [6.07, 6.45) is 0. The molecule has 6 nitrogen and oxygen atoms in total. The first-order chi connectivity index (χ1) is 11.8. The van der Waals surface area contributed by atoms with Gasteiger partial charge in [-0.1, -0.05) is 40.9 Å². The molecule has 0 aliphatic heterocycles. The topological polar surface area (TPSA) is 87.1 Å². The van der Waals surface area contributed by atoms with Gasteiger partial charge in [-0.05, 0) is 34.8 Å². The molecule has 0 fully saturated rings. The molecule has 0 unspecified atom stereocenters. The molecule has 122 valence electrons. The second-order valence-corrected chi connectivity index (χ2v) is 5.71. The third-order valence-electron chi connectivity index (χ3n) is 3.53. The van der Waals surface area contributed by atoms with E-state index in [0.717, 1.165) is 22.4 Å². The fraction of sp³-hybridized carbons (Fsp3) is 0.118. The van der Waals surface area contributed by atoms with Crippen LogP contribution >= 0.6 is 11.5 Å². The Balaban J connectivity index is 1.57. The lowest BCUT2D eigenvalue weighted by Crippen LogP contribution is -2.28. The van der Waals surface area contributed by atoms with Gasteiger partial charge in [0.15, 0.2) is 0 Å². The summed E-state index contributed by atoms with van der Waals surface area (Å²) in [4.78, 5) is 12.0. The average Bonchev–Trinajstić information content (AvgIpc) is 3.15. The molecule has 1 heterocycles. The van der Waals surface area contributed by atoms with Crippen molar-refractivity contribution >= 4 is 23.3 Å². The molecule has 0 bridgehead atoms. The minimum absolute atomic E-state index is 0.0492. The zero-order valence-electron chi connectivity index (χ0n) is 12.8. The van der Waals surface area contributed by atoms with Gasteiger partial charge in [-0.3, -0.25) is 0 Å². The highest BCUT2D eigenvalue weighted by Gasteiger charge is 2.06. The first kappa shape index (κ1) is 16.1. The summed E-state index contributed by atoms with van der Waals surface area (Å²) in [6, 6.07) is 14.5. The third-order valence-corrected chi connectivity index (χ3v) is 4.03. The molecular weight excluding hydrogens is 324 g/mol. The Morgan fingerprint density at radius 3 is 2.50 bits per heavy atom. The van der Waals surface area contributed by atoms with Gasteiger partial charge in [0, 0.05) is 23.2 Å². The van der Waals surface area contributed by atoms with Crippen LogP contribution in [-0.2, 0) is 13.2 Å². The fourth-order valence-corrected chi connectivity index (χ4v) is 2.72. The van der Waals surface area contributed by atoms with Crippen molar-refractivity contribution in [3.8, 4) is 11.3 Å². The molecule has 3 N–H and O–H groups in total. The number of nitrogens with one attached hydrogen (secondary N) is 2. The second-order valence-electron chi connectivity index (χ2n) is 5.10. The highest BCUT2D eigenvalue weighted by molar-refractivity contribution is 7.03. The van der Waals surface area contributed by atoms with Crippen LogP contribution in [0.15, 0.2) is 53.9 Å². The number of nitrogens with zero attached hydrogens (tertiary/aromatic N) is 2. The average molecular weight is 340 g/mol. The standard InChI is InChI=1S/C17H16N4O2S/c22-10-14-4-2-1-3-13(14)9-18-17(23)19-15-7-5-12(6-8-15)16-11-24-21-20-16/h1-8,11,22H,9-10H2,(H2,18,19,23). The van der Waals surface area contributed by atoms with E-state index in [2.05, 4.69) is 20.2 Å². The van der Waals surface area contributed by atoms with Crippen molar-refractivity contribution < 1.29 is 9.90 Å². The molecule has 2 aromatic carbocycles. The van der Waals surface area contributed by atoms with Gasteiger partial charge in [0.1, 0.15) is 5.69 Å². The summed E-state index contributed by atoms with van der Waals surface area (Å²) in [5.41, 5.74) is 4.15. The van der Waals surface area contributed by atoms with Gasteiger partial charge in [-0.15, -0.1) is 5.10 Å². The Morgan fingerprint density at radius 1 is 1.08 bits per heavy atom. The molecule has 24 heavy (non-hydrogen) atoms.